The van der Waals surface area contributed by atoms with Crippen LogP contribution in [0.4, 0.5) is 37.7 Å². The molecule has 0 aliphatic rings. The van der Waals surface area contributed by atoms with Crippen molar-refractivity contribution >= 4 is 23.3 Å². The molecule has 0 heterocycles. The van der Waals surface area contributed by atoms with Gasteiger partial charge in [0.05, 0.1) is 16.7 Å². The number of ether oxygens (including phenoxy) is 1. The van der Waals surface area contributed by atoms with Gasteiger partial charge in [-0.05, 0) is 63.2 Å². The van der Waals surface area contributed by atoms with Crippen LogP contribution in [0.5, 0.6) is 0 Å². The highest BCUT2D eigenvalue weighted by Crippen LogP contribution is 2.36. The van der Waals surface area contributed by atoms with E-state index in [2.05, 4.69) is 15.0 Å². The molecule has 1 N–H and O–H groups in total. The van der Waals surface area contributed by atoms with E-state index in [0.717, 1.165) is 12.2 Å². The molecule has 1 amide bonds. The Morgan fingerprint density at radius 1 is 0.939 bits per heavy atom. The zero-order chi connectivity index (χ0) is 25.0. The summed E-state index contributed by atoms with van der Waals surface area (Å²) in [5.41, 5.74) is -2.99. The van der Waals surface area contributed by atoms with E-state index in [1.165, 1.54) is 0 Å². The molecule has 0 aromatic heterocycles. The Balaban J connectivity index is 2.06. The van der Waals surface area contributed by atoms with Gasteiger partial charge >= 0.3 is 18.3 Å². The molecule has 2 aromatic rings. The van der Waals surface area contributed by atoms with Gasteiger partial charge in [0.15, 0.2) is 6.61 Å². The normalized spacial score (nSPS) is 11.9. The molecule has 0 saturated carbocycles. The number of hydrogen-bond donors (Lipinski definition) is 1. The zero-order valence-electron chi connectivity index (χ0n) is 18.0. The van der Waals surface area contributed by atoms with Crippen LogP contribution in [0.3, 0.4) is 0 Å². The first-order chi connectivity index (χ1) is 15.2. The highest BCUT2D eigenvalue weighted by atomic mass is 19.4. The molecule has 2 aromatic carbocycles. The van der Waals surface area contributed by atoms with Gasteiger partial charge < -0.3 is 15.0 Å². The molecule has 2 rings (SSSR count). The molecule has 0 bridgehead atoms. The van der Waals surface area contributed by atoms with Crippen molar-refractivity contribution in [1.29, 1.82) is 0 Å². The summed E-state index contributed by atoms with van der Waals surface area (Å²) in [6.07, 6.45) is -10.2. The number of hydrogen-bond acceptors (Lipinski definition) is 4. The summed E-state index contributed by atoms with van der Waals surface area (Å²) in [5, 5.41) is 2.44. The van der Waals surface area contributed by atoms with Crippen molar-refractivity contribution in [3.63, 3.8) is 0 Å². The summed E-state index contributed by atoms with van der Waals surface area (Å²) in [5.74, 6) is -2.30. The van der Waals surface area contributed by atoms with Gasteiger partial charge in [0.1, 0.15) is 0 Å². The Morgan fingerprint density at radius 3 is 1.88 bits per heavy atom. The third-order valence-electron chi connectivity index (χ3n) is 4.60. The van der Waals surface area contributed by atoms with E-state index in [0.29, 0.717) is 5.69 Å². The Labute approximate surface area is 186 Å². The molecule has 0 saturated heterocycles. The highest BCUT2D eigenvalue weighted by Gasteiger charge is 2.37. The largest absolute Gasteiger partial charge is 0.452 e. The van der Waals surface area contributed by atoms with Crippen molar-refractivity contribution in [1.82, 2.24) is 0 Å². The van der Waals surface area contributed by atoms with E-state index in [-0.39, 0.29) is 24.2 Å². The summed E-state index contributed by atoms with van der Waals surface area (Å²) in [7, 11) is 0. The minimum absolute atomic E-state index is 0.105. The molecule has 0 radical (unpaired) electrons. The molecule has 0 unspecified atom stereocenters. The lowest BCUT2D eigenvalue weighted by Gasteiger charge is -2.27. The number of carbonyl (C=O) groups is 2. The number of halogens is 6. The number of nitrogens with zero attached hydrogens (tertiary/aromatic N) is 1. The molecule has 0 spiro atoms. The fourth-order valence-corrected chi connectivity index (χ4v) is 3.07. The SMILES string of the molecule is CCN(c1ccc(NC(=O)COC(=O)c2cc(C(F)(F)F)cc(C(F)(F)F)c2)cc1)C(C)C. The van der Waals surface area contributed by atoms with Crippen LogP contribution in [-0.4, -0.2) is 31.1 Å². The lowest BCUT2D eigenvalue weighted by molar-refractivity contribution is -0.143. The lowest BCUT2D eigenvalue weighted by Crippen LogP contribution is -2.30. The minimum atomic E-state index is -5.11. The standard InChI is InChI=1S/C22H22F6N2O3/c1-4-30(13(2)3)18-7-5-17(6-8-18)29-19(31)12-33-20(32)14-9-15(21(23,24)25)11-16(10-14)22(26,27)28/h5-11,13H,4,12H2,1-3H3,(H,29,31). The predicted molar refractivity (Wildman–Crippen MR) is 110 cm³/mol. The number of esters is 1. The molecule has 0 aliphatic carbocycles. The van der Waals surface area contributed by atoms with Gasteiger partial charge in [0, 0.05) is 24.0 Å². The number of benzene rings is 2. The van der Waals surface area contributed by atoms with E-state index >= 15 is 0 Å². The van der Waals surface area contributed by atoms with Crippen LogP contribution in [0.2, 0.25) is 0 Å². The third-order valence-corrected chi connectivity index (χ3v) is 4.60. The van der Waals surface area contributed by atoms with Gasteiger partial charge in [-0.3, -0.25) is 4.79 Å². The van der Waals surface area contributed by atoms with Gasteiger partial charge in [0.25, 0.3) is 5.91 Å². The van der Waals surface area contributed by atoms with Crippen molar-refractivity contribution < 1.29 is 40.7 Å². The van der Waals surface area contributed by atoms with Crippen LogP contribution >= 0.6 is 0 Å². The summed E-state index contributed by atoms with van der Waals surface area (Å²) in [6, 6.07) is 7.39. The molecule has 5 nitrogen and oxygen atoms in total. The summed E-state index contributed by atoms with van der Waals surface area (Å²) in [6.45, 7) is 5.91. The van der Waals surface area contributed by atoms with Crippen molar-refractivity contribution in [2.24, 2.45) is 0 Å². The fraction of sp³-hybridized carbons (Fsp3) is 0.364. The smallest absolute Gasteiger partial charge is 0.416 e. The Kier molecular flexibility index (Phi) is 7.99. The second-order valence-electron chi connectivity index (χ2n) is 7.35. The second-order valence-corrected chi connectivity index (χ2v) is 7.35. The van der Waals surface area contributed by atoms with E-state index < -0.39 is 47.5 Å². The maximum atomic E-state index is 12.9. The number of rotatable bonds is 7. The van der Waals surface area contributed by atoms with Gasteiger partial charge in [-0.2, -0.15) is 26.3 Å². The van der Waals surface area contributed by atoms with Crippen LogP contribution < -0.4 is 10.2 Å². The van der Waals surface area contributed by atoms with E-state index in [9.17, 15) is 35.9 Å². The van der Waals surface area contributed by atoms with Crippen molar-refractivity contribution in [2.45, 2.75) is 39.2 Å². The van der Waals surface area contributed by atoms with Crippen LogP contribution in [0.1, 0.15) is 42.3 Å². The summed E-state index contributed by atoms with van der Waals surface area (Å²) >= 11 is 0. The van der Waals surface area contributed by atoms with Gasteiger partial charge in [-0.15, -0.1) is 0 Å². The average Bonchev–Trinajstić information content (AvgIpc) is 2.72. The number of nitrogens with one attached hydrogen (secondary N) is 1. The first-order valence-electron chi connectivity index (χ1n) is 9.85. The molecule has 11 heteroatoms. The Hall–Kier alpha value is -3.24. The van der Waals surface area contributed by atoms with Crippen LogP contribution in [0.15, 0.2) is 42.5 Å². The van der Waals surface area contributed by atoms with Gasteiger partial charge in [-0.25, -0.2) is 4.79 Å². The zero-order valence-corrected chi connectivity index (χ0v) is 18.0. The number of alkyl halides is 6. The fourth-order valence-electron chi connectivity index (χ4n) is 3.07. The topological polar surface area (TPSA) is 58.6 Å². The summed E-state index contributed by atoms with van der Waals surface area (Å²) in [4.78, 5) is 26.2. The van der Waals surface area contributed by atoms with Crippen molar-refractivity contribution in [3.05, 3.63) is 59.2 Å². The molecule has 180 valence electrons. The number of anilines is 2. The van der Waals surface area contributed by atoms with Crippen LogP contribution in [0.25, 0.3) is 0 Å². The Bertz CT molecular complexity index is 953. The van der Waals surface area contributed by atoms with Gasteiger partial charge in [-0.1, -0.05) is 0 Å². The first-order valence-corrected chi connectivity index (χ1v) is 9.85. The summed E-state index contributed by atoms with van der Waals surface area (Å²) < 4.78 is 82.1. The van der Waals surface area contributed by atoms with Gasteiger partial charge in [0.2, 0.25) is 0 Å². The van der Waals surface area contributed by atoms with Crippen molar-refractivity contribution in [2.75, 3.05) is 23.4 Å². The van der Waals surface area contributed by atoms with E-state index in [4.69, 9.17) is 0 Å². The molecular formula is C22H22F6N2O3. The number of amides is 1. The molecular weight excluding hydrogens is 454 g/mol. The van der Waals surface area contributed by atoms with E-state index in [1.807, 2.05) is 20.8 Å². The van der Waals surface area contributed by atoms with E-state index in [1.54, 1.807) is 24.3 Å². The molecule has 0 fully saturated rings. The minimum Gasteiger partial charge on any atom is -0.452 e. The molecule has 33 heavy (non-hydrogen) atoms. The first kappa shape index (κ1) is 26.0. The van der Waals surface area contributed by atoms with Crippen molar-refractivity contribution in [3.8, 4) is 0 Å². The number of carbonyl (C=O) groups excluding carboxylic acids is 2. The second kappa shape index (κ2) is 10.1. The molecule has 0 atom stereocenters. The lowest BCUT2D eigenvalue weighted by atomic mass is 10.0. The molecule has 0 aliphatic heterocycles. The third kappa shape index (κ3) is 7.13. The quantitative estimate of drug-likeness (QED) is 0.408. The average molecular weight is 476 g/mol. The van der Waals surface area contributed by atoms with Crippen LogP contribution in [0, 0.1) is 0 Å². The monoisotopic (exact) mass is 476 g/mol. The maximum Gasteiger partial charge on any atom is 0.416 e. The van der Waals surface area contributed by atoms with Crippen LogP contribution in [-0.2, 0) is 21.9 Å². The Morgan fingerprint density at radius 2 is 1.45 bits per heavy atom. The maximum absolute atomic E-state index is 12.9. The highest BCUT2D eigenvalue weighted by molar-refractivity contribution is 5.95. The predicted octanol–water partition coefficient (Wildman–Crippen LogP) is 5.75.